The highest BCUT2D eigenvalue weighted by Crippen LogP contribution is 2.42. The Morgan fingerprint density at radius 2 is 1.50 bits per heavy atom. The molecule has 3 nitrogen and oxygen atoms in total. The first-order chi connectivity index (χ1) is 9.31. The SMILES string of the molecule is CN1CCC(C(C)(C)CC(C)(C)N2CCNCC2)CC1. The van der Waals surface area contributed by atoms with Crippen LogP contribution >= 0.6 is 0 Å². The summed E-state index contributed by atoms with van der Waals surface area (Å²) in [7, 11) is 2.26. The Morgan fingerprint density at radius 1 is 0.950 bits per heavy atom. The molecular weight excluding hydrogens is 246 g/mol. The molecule has 1 N–H and O–H groups in total. The summed E-state index contributed by atoms with van der Waals surface area (Å²) in [6.45, 7) is 17.2. The zero-order chi connectivity index (χ0) is 14.8. The van der Waals surface area contributed by atoms with E-state index in [1.54, 1.807) is 0 Å². The standard InChI is InChI=1S/C17H35N3/c1-16(2,15-6-10-19(5)11-7-15)14-17(3,4)20-12-8-18-9-13-20/h15,18H,6-14H2,1-5H3. The zero-order valence-corrected chi connectivity index (χ0v) is 14.3. The van der Waals surface area contributed by atoms with Gasteiger partial charge in [0.1, 0.15) is 0 Å². The number of piperazine rings is 1. The third kappa shape index (κ3) is 3.96. The summed E-state index contributed by atoms with van der Waals surface area (Å²) in [4.78, 5) is 5.17. The van der Waals surface area contributed by atoms with E-state index in [4.69, 9.17) is 0 Å². The summed E-state index contributed by atoms with van der Waals surface area (Å²) < 4.78 is 0. The molecule has 0 amide bonds. The quantitative estimate of drug-likeness (QED) is 0.854. The van der Waals surface area contributed by atoms with Gasteiger partial charge in [-0.1, -0.05) is 13.8 Å². The molecule has 2 aliphatic rings. The predicted molar refractivity (Wildman–Crippen MR) is 87.1 cm³/mol. The first-order valence-electron chi connectivity index (χ1n) is 8.46. The number of hydrogen-bond acceptors (Lipinski definition) is 3. The minimum absolute atomic E-state index is 0.328. The molecule has 2 heterocycles. The van der Waals surface area contributed by atoms with Gasteiger partial charge >= 0.3 is 0 Å². The summed E-state index contributed by atoms with van der Waals surface area (Å²) in [5, 5.41) is 3.47. The Bertz CT molecular complexity index is 297. The van der Waals surface area contributed by atoms with Gasteiger partial charge in [0.15, 0.2) is 0 Å². The third-order valence-corrected chi connectivity index (χ3v) is 5.69. The van der Waals surface area contributed by atoms with Crippen molar-refractivity contribution in [2.24, 2.45) is 11.3 Å². The van der Waals surface area contributed by atoms with E-state index in [1.807, 2.05) is 0 Å². The lowest BCUT2D eigenvalue weighted by molar-refractivity contribution is 0.0220. The first kappa shape index (κ1) is 16.3. The fraction of sp³-hybridized carbons (Fsp3) is 1.00. The average molecular weight is 281 g/mol. The Kier molecular flexibility index (Phi) is 5.14. The maximum Gasteiger partial charge on any atom is 0.0159 e. The second kappa shape index (κ2) is 6.33. The van der Waals surface area contributed by atoms with Crippen LogP contribution in [0.5, 0.6) is 0 Å². The molecule has 2 aliphatic heterocycles. The normalized spacial score (nSPS) is 25.1. The van der Waals surface area contributed by atoms with E-state index >= 15 is 0 Å². The van der Waals surface area contributed by atoms with Crippen molar-refractivity contribution in [2.75, 3.05) is 46.3 Å². The number of nitrogens with zero attached hydrogens (tertiary/aromatic N) is 2. The van der Waals surface area contributed by atoms with Gasteiger partial charge in [0.05, 0.1) is 0 Å². The number of rotatable bonds is 4. The summed E-state index contributed by atoms with van der Waals surface area (Å²) in [6.07, 6.45) is 4.07. The molecule has 20 heavy (non-hydrogen) atoms. The van der Waals surface area contributed by atoms with Gasteiger partial charge in [-0.25, -0.2) is 0 Å². The molecule has 0 aromatic rings. The molecule has 118 valence electrons. The summed E-state index contributed by atoms with van der Waals surface area (Å²) in [6, 6.07) is 0. The molecule has 2 fully saturated rings. The predicted octanol–water partition coefficient (Wildman–Crippen LogP) is 2.43. The van der Waals surface area contributed by atoms with Gasteiger partial charge in [-0.2, -0.15) is 0 Å². The van der Waals surface area contributed by atoms with E-state index in [0.29, 0.717) is 11.0 Å². The van der Waals surface area contributed by atoms with Crippen LogP contribution in [-0.2, 0) is 0 Å². The Morgan fingerprint density at radius 3 is 2.05 bits per heavy atom. The summed E-state index contributed by atoms with van der Waals surface area (Å²) in [5.74, 6) is 0.890. The van der Waals surface area contributed by atoms with E-state index in [0.717, 1.165) is 19.0 Å². The third-order valence-electron chi connectivity index (χ3n) is 5.69. The van der Waals surface area contributed by atoms with Crippen molar-refractivity contribution in [3.63, 3.8) is 0 Å². The van der Waals surface area contributed by atoms with Gasteiger partial charge in [0.25, 0.3) is 0 Å². The van der Waals surface area contributed by atoms with Crippen molar-refractivity contribution in [1.29, 1.82) is 0 Å². The van der Waals surface area contributed by atoms with Gasteiger partial charge in [-0.15, -0.1) is 0 Å². The number of piperidine rings is 1. The first-order valence-corrected chi connectivity index (χ1v) is 8.46. The van der Waals surface area contributed by atoms with Crippen molar-refractivity contribution in [3.05, 3.63) is 0 Å². The summed E-state index contributed by atoms with van der Waals surface area (Å²) in [5.41, 5.74) is 0.782. The lowest BCUT2D eigenvalue weighted by Crippen LogP contribution is -2.55. The maximum absolute atomic E-state index is 3.47. The van der Waals surface area contributed by atoms with Crippen LogP contribution in [-0.4, -0.2) is 61.7 Å². The minimum atomic E-state index is 0.328. The van der Waals surface area contributed by atoms with Crippen LogP contribution in [0.4, 0.5) is 0 Å². The lowest BCUT2D eigenvalue weighted by atomic mass is 9.67. The zero-order valence-electron chi connectivity index (χ0n) is 14.3. The van der Waals surface area contributed by atoms with Gasteiger partial charge in [-0.05, 0) is 64.6 Å². The van der Waals surface area contributed by atoms with Crippen molar-refractivity contribution in [1.82, 2.24) is 15.1 Å². The van der Waals surface area contributed by atoms with Gasteiger partial charge in [0, 0.05) is 31.7 Å². The highest BCUT2D eigenvalue weighted by Gasteiger charge is 2.39. The van der Waals surface area contributed by atoms with Crippen LogP contribution < -0.4 is 5.32 Å². The van der Waals surface area contributed by atoms with Crippen molar-refractivity contribution >= 4 is 0 Å². The highest BCUT2D eigenvalue weighted by molar-refractivity contribution is 4.93. The molecule has 0 atom stereocenters. The average Bonchev–Trinajstić information content (AvgIpc) is 2.39. The van der Waals surface area contributed by atoms with E-state index in [1.165, 1.54) is 45.4 Å². The van der Waals surface area contributed by atoms with E-state index in [2.05, 4.69) is 49.9 Å². The van der Waals surface area contributed by atoms with E-state index < -0.39 is 0 Å². The van der Waals surface area contributed by atoms with Crippen LogP contribution in [0.3, 0.4) is 0 Å². The molecule has 0 radical (unpaired) electrons. The molecule has 0 spiro atoms. The molecule has 0 aromatic heterocycles. The molecule has 0 bridgehead atoms. The van der Waals surface area contributed by atoms with Crippen LogP contribution in [0.25, 0.3) is 0 Å². The fourth-order valence-corrected chi connectivity index (χ4v) is 4.43. The smallest absolute Gasteiger partial charge is 0.0159 e. The molecule has 2 saturated heterocycles. The van der Waals surface area contributed by atoms with Gasteiger partial charge in [0.2, 0.25) is 0 Å². The molecule has 3 heteroatoms. The monoisotopic (exact) mass is 281 g/mol. The lowest BCUT2D eigenvalue weighted by Gasteiger charge is -2.48. The van der Waals surface area contributed by atoms with E-state index in [-0.39, 0.29) is 0 Å². The molecule has 0 aliphatic carbocycles. The van der Waals surface area contributed by atoms with Crippen molar-refractivity contribution in [2.45, 2.75) is 52.5 Å². The minimum Gasteiger partial charge on any atom is -0.314 e. The molecular formula is C17H35N3. The van der Waals surface area contributed by atoms with E-state index in [9.17, 15) is 0 Å². The maximum atomic E-state index is 3.47. The topological polar surface area (TPSA) is 18.5 Å². The largest absolute Gasteiger partial charge is 0.314 e. The van der Waals surface area contributed by atoms with Crippen LogP contribution in [0.2, 0.25) is 0 Å². The second-order valence-corrected chi connectivity index (χ2v) is 8.29. The molecule has 0 aromatic carbocycles. The summed E-state index contributed by atoms with van der Waals surface area (Å²) >= 11 is 0. The van der Waals surface area contributed by atoms with Crippen LogP contribution in [0.1, 0.15) is 47.0 Å². The number of nitrogens with one attached hydrogen (secondary N) is 1. The molecule has 0 unspecified atom stereocenters. The Hall–Kier alpha value is -0.120. The number of likely N-dealkylation sites (tertiary alicyclic amines) is 1. The van der Waals surface area contributed by atoms with Crippen molar-refractivity contribution in [3.8, 4) is 0 Å². The Balaban J connectivity index is 1.95. The second-order valence-electron chi connectivity index (χ2n) is 8.29. The van der Waals surface area contributed by atoms with Crippen LogP contribution in [0, 0.1) is 11.3 Å². The van der Waals surface area contributed by atoms with Crippen LogP contribution in [0.15, 0.2) is 0 Å². The highest BCUT2D eigenvalue weighted by atomic mass is 15.2. The molecule has 0 saturated carbocycles. The van der Waals surface area contributed by atoms with Crippen molar-refractivity contribution < 1.29 is 0 Å². The Labute approximate surface area is 126 Å². The fourth-order valence-electron chi connectivity index (χ4n) is 4.43. The number of hydrogen-bond donors (Lipinski definition) is 1. The van der Waals surface area contributed by atoms with Gasteiger partial charge in [-0.3, -0.25) is 4.90 Å². The molecule has 2 rings (SSSR count). The van der Waals surface area contributed by atoms with Gasteiger partial charge < -0.3 is 10.2 Å².